The Bertz CT molecular complexity index is 2170. The molecule has 3 aromatic heterocycles. The summed E-state index contributed by atoms with van der Waals surface area (Å²) in [6, 6.07) is 33.9. The van der Waals surface area contributed by atoms with E-state index in [1.54, 1.807) is 0 Å². The molecule has 0 aliphatic heterocycles. The van der Waals surface area contributed by atoms with E-state index in [9.17, 15) is 0 Å². The Labute approximate surface area is 271 Å². The second-order valence-electron chi connectivity index (χ2n) is 11.4. The van der Waals surface area contributed by atoms with Crippen LogP contribution in [0.4, 0.5) is 0 Å². The van der Waals surface area contributed by atoms with Crippen molar-refractivity contribution in [3.8, 4) is 34.1 Å². The molecule has 0 bridgehead atoms. The summed E-state index contributed by atoms with van der Waals surface area (Å²) in [7, 11) is 0. The quantitative estimate of drug-likeness (QED) is 0.136. The van der Waals surface area contributed by atoms with E-state index in [1.807, 2.05) is 41.2 Å². The van der Waals surface area contributed by atoms with Crippen LogP contribution in [0.2, 0.25) is 0 Å². The van der Waals surface area contributed by atoms with Crippen molar-refractivity contribution in [3.63, 3.8) is 0 Å². The molecule has 0 amide bonds. The molecular weight excluding hydrogens is 635 g/mol. The van der Waals surface area contributed by atoms with Crippen molar-refractivity contribution in [2.45, 2.75) is 41.5 Å². The van der Waals surface area contributed by atoms with Gasteiger partial charge in [0.25, 0.3) is 0 Å². The van der Waals surface area contributed by atoms with E-state index in [1.165, 1.54) is 27.8 Å². The zero-order valence-corrected chi connectivity index (χ0v) is 27.2. The number of aromatic nitrogens is 4. The van der Waals surface area contributed by atoms with Gasteiger partial charge in [-0.05, 0) is 93.1 Å². The molecule has 44 heavy (non-hydrogen) atoms. The molecule has 0 radical (unpaired) electrons. The SMILES string of the molecule is Cc1ccnc(-n2c3[c-]c(Oc4[c-]c(-n5nc(C)c(-c6c(C)cc(C)cc6C)c5C)ccc4)ccc3c3ccccc32)c1.[Pd+2]. The van der Waals surface area contributed by atoms with Crippen LogP contribution in [0.3, 0.4) is 0 Å². The van der Waals surface area contributed by atoms with Crippen LogP contribution in [0, 0.1) is 53.7 Å². The van der Waals surface area contributed by atoms with Crippen LogP contribution in [0.15, 0.2) is 85.1 Å². The molecule has 7 rings (SSSR count). The zero-order chi connectivity index (χ0) is 29.8. The Hall–Kier alpha value is -4.50. The number of hydrogen-bond acceptors (Lipinski definition) is 3. The minimum Gasteiger partial charge on any atom is -0.509 e. The number of benzene rings is 4. The zero-order valence-electron chi connectivity index (χ0n) is 25.6. The number of ether oxygens (including phenoxy) is 1. The summed E-state index contributed by atoms with van der Waals surface area (Å²) in [4.78, 5) is 4.68. The van der Waals surface area contributed by atoms with Gasteiger partial charge in [-0.1, -0.05) is 41.4 Å². The maximum absolute atomic E-state index is 6.39. The Morgan fingerprint density at radius 2 is 1.43 bits per heavy atom. The maximum atomic E-state index is 6.39. The summed E-state index contributed by atoms with van der Waals surface area (Å²) in [5, 5.41) is 7.19. The van der Waals surface area contributed by atoms with Crippen molar-refractivity contribution >= 4 is 21.8 Å². The van der Waals surface area contributed by atoms with E-state index in [0.717, 1.165) is 50.3 Å². The van der Waals surface area contributed by atoms with E-state index >= 15 is 0 Å². The molecule has 0 atom stereocenters. The van der Waals surface area contributed by atoms with Gasteiger partial charge < -0.3 is 9.30 Å². The van der Waals surface area contributed by atoms with Gasteiger partial charge in [-0.15, -0.1) is 35.7 Å². The van der Waals surface area contributed by atoms with Crippen LogP contribution in [0.5, 0.6) is 11.5 Å². The second-order valence-corrected chi connectivity index (χ2v) is 11.4. The fourth-order valence-corrected chi connectivity index (χ4v) is 6.37. The first-order chi connectivity index (χ1) is 20.8. The molecular formula is C38H32N4OPd. The Balaban J connectivity index is 0.00000343. The van der Waals surface area contributed by atoms with Crippen LogP contribution in [-0.2, 0) is 20.4 Å². The predicted molar refractivity (Wildman–Crippen MR) is 174 cm³/mol. The third-order valence-corrected chi connectivity index (χ3v) is 8.11. The van der Waals surface area contributed by atoms with Gasteiger partial charge in [-0.25, -0.2) is 4.98 Å². The van der Waals surface area contributed by atoms with E-state index in [0.29, 0.717) is 11.5 Å². The van der Waals surface area contributed by atoms with Gasteiger partial charge in [-0.2, -0.15) is 17.2 Å². The number of hydrogen-bond donors (Lipinski definition) is 0. The molecule has 0 spiro atoms. The van der Waals surface area contributed by atoms with Gasteiger partial charge in [0.2, 0.25) is 0 Å². The van der Waals surface area contributed by atoms with Crippen LogP contribution in [-0.4, -0.2) is 19.3 Å². The van der Waals surface area contributed by atoms with Gasteiger partial charge in [0.05, 0.1) is 5.69 Å². The summed E-state index contributed by atoms with van der Waals surface area (Å²) >= 11 is 0. The smallest absolute Gasteiger partial charge is 0.509 e. The molecule has 0 aliphatic rings. The number of para-hydroxylation sites is 1. The normalized spacial score (nSPS) is 11.2. The van der Waals surface area contributed by atoms with Crippen LogP contribution >= 0.6 is 0 Å². The number of rotatable bonds is 5. The molecule has 6 heteroatoms. The minimum atomic E-state index is 0. The molecule has 0 saturated heterocycles. The summed E-state index contributed by atoms with van der Waals surface area (Å²) in [6.45, 7) is 12.8. The fraction of sp³-hybridized carbons (Fsp3) is 0.158. The van der Waals surface area contributed by atoms with Gasteiger partial charge >= 0.3 is 20.4 Å². The standard InChI is InChI=1S/C38H32N4O.Pd/c1-23-16-17-39-36(20-23)41-34-13-8-7-12-32(34)33-15-14-31(22-35(33)41)43-30-11-9-10-29(21-30)42-28(6)38(27(5)40-42)37-25(3)18-24(2)19-26(37)4;/h7-20H,1-6H3;/q-2;+2. The van der Waals surface area contributed by atoms with Crippen molar-refractivity contribution in [2.24, 2.45) is 0 Å². The minimum absolute atomic E-state index is 0. The molecule has 0 fully saturated rings. The molecule has 7 aromatic rings. The summed E-state index contributed by atoms with van der Waals surface area (Å²) in [5.41, 5.74) is 12.2. The first-order valence-corrected chi connectivity index (χ1v) is 14.5. The average Bonchev–Trinajstić information content (AvgIpc) is 3.46. The van der Waals surface area contributed by atoms with E-state index in [-0.39, 0.29) is 20.4 Å². The number of aryl methyl sites for hydroxylation is 5. The fourth-order valence-electron chi connectivity index (χ4n) is 6.37. The topological polar surface area (TPSA) is 44.9 Å². The Morgan fingerprint density at radius 3 is 2.20 bits per heavy atom. The van der Waals surface area contributed by atoms with Crippen molar-refractivity contribution < 1.29 is 25.2 Å². The molecule has 4 aromatic carbocycles. The first-order valence-electron chi connectivity index (χ1n) is 14.5. The van der Waals surface area contributed by atoms with Crippen LogP contribution < -0.4 is 4.74 Å². The van der Waals surface area contributed by atoms with E-state index < -0.39 is 0 Å². The van der Waals surface area contributed by atoms with E-state index in [2.05, 4.69) is 112 Å². The third-order valence-electron chi connectivity index (χ3n) is 8.11. The van der Waals surface area contributed by atoms with Gasteiger partial charge in [-0.3, -0.25) is 4.68 Å². The molecule has 220 valence electrons. The van der Waals surface area contributed by atoms with Crippen molar-refractivity contribution in [2.75, 3.05) is 0 Å². The molecule has 5 nitrogen and oxygen atoms in total. The van der Waals surface area contributed by atoms with Gasteiger partial charge in [0, 0.05) is 34.5 Å². The van der Waals surface area contributed by atoms with Crippen LogP contribution in [0.25, 0.3) is 44.4 Å². The van der Waals surface area contributed by atoms with Crippen molar-refractivity contribution in [1.82, 2.24) is 19.3 Å². The molecule has 0 N–H and O–H groups in total. The summed E-state index contributed by atoms with van der Waals surface area (Å²) < 4.78 is 10.5. The maximum Gasteiger partial charge on any atom is 2.00 e. The van der Waals surface area contributed by atoms with Gasteiger partial charge in [0.15, 0.2) is 0 Å². The largest absolute Gasteiger partial charge is 2.00 e. The third kappa shape index (κ3) is 5.05. The second kappa shape index (κ2) is 11.5. The number of fused-ring (bicyclic) bond motifs is 3. The predicted octanol–water partition coefficient (Wildman–Crippen LogP) is 9.27. The number of nitrogens with zero attached hydrogens (tertiary/aromatic N) is 4. The summed E-state index contributed by atoms with van der Waals surface area (Å²) in [6.07, 6.45) is 1.85. The van der Waals surface area contributed by atoms with Gasteiger partial charge in [0.1, 0.15) is 5.82 Å². The average molecular weight is 667 g/mol. The Morgan fingerprint density at radius 1 is 0.682 bits per heavy atom. The molecule has 3 heterocycles. The van der Waals surface area contributed by atoms with Crippen LogP contribution in [0.1, 0.15) is 33.6 Å². The van der Waals surface area contributed by atoms with Crippen molar-refractivity contribution in [1.29, 1.82) is 0 Å². The summed E-state index contributed by atoms with van der Waals surface area (Å²) in [5.74, 6) is 2.06. The first kappa shape index (κ1) is 29.6. The van der Waals surface area contributed by atoms with E-state index in [4.69, 9.17) is 9.84 Å². The number of pyridine rings is 1. The molecule has 0 unspecified atom stereocenters. The Kier molecular flexibility index (Phi) is 7.75. The molecule has 0 aliphatic carbocycles. The monoisotopic (exact) mass is 666 g/mol. The van der Waals surface area contributed by atoms with Crippen molar-refractivity contribution in [3.05, 3.63) is 131 Å². The molecule has 0 saturated carbocycles.